The van der Waals surface area contributed by atoms with Gasteiger partial charge in [-0.15, -0.1) is 0 Å². The van der Waals surface area contributed by atoms with Crippen LogP contribution in [0.5, 0.6) is 0 Å². The van der Waals surface area contributed by atoms with Crippen LogP contribution < -0.4 is 5.32 Å². The average molecular weight is 276 g/mol. The van der Waals surface area contributed by atoms with Crippen LogP contribution in [0.15, 0.2) is 24.3 Å². The standard InChI is InChI=1S/C15H17FN2O2/c16-13-4-2-1-3-12(13)5-8-18-14(19)15(11-17)6-9-20-10-7-15/h1-4H,5-10H2,(H,18,19). The number of carbonyl (C=O) groups excluding carboxylic acids is 1. The molecule has 1 heterocycles. The molecule has 0 aliphatic carbocycles. The molecule has 1 amide bonds. The summed E-state index contributed by atoms with van der Waals surface area (Å²) in [5, 5.41) is 12.0. The van der Waals surface area contributed by atoms with E-state index in [1.165, 1.54) is 6.07 Å². The van der Waals surface area contributed by atoms with Crippen LogP contribution in [0, 0.1) is 22.6 Å². The molecule has 1 aliphatic heterocycles. The van der Waals surface area contributed by atoms with Gasteiger partial charge in [0.15, 0.2) is 0 Å². The van der Waals surface area contributed by atoms with E-state index in [0.717, 1.165) is 0 Å². The first kappa shape index (κ1) is 14.5. The van der Waals surface area contributed by atoms with Crippen LogP contribution in [0.4, 0.5) is 4.39 Å². The van der Waals surface area contributed by atoms with Crippen LogP contribution in [0.25, 0.3) is 0 Å². The molecule has 1 aliphatic rings. The van der Waals surface area contributed by atoms with Crippen molar-refractivity contribution in [1.29, 1.82) is 5.26 Å². The Hall–Kier alpha value is -1.93. The molecule has 1 saturated heterocycles. The molecule has 20 heavy (non-hydrogen) atoms. The van der Waals surface area contributed by atoms with Crippen molar-refractivity contribution >= 4 is 5.91 Å². The van der Waals surface area contributed by atoms with Crippen LogP contribution in [-0.4, -0.2) is 25.7 Å². The lowest BCUT2D eigenvalue weighted by Gasteiger charge is -2.29. The summed E-state index contributed by atoms with van der Waals surface area (Å²) in [6, 6.07) is 8.59. The van der Waals surface area contributed by atoms with Crippen molar-refractivity contribution in [2.24, 2.45) is 5.41 Å². The zero-order valence-corrected chi connectivity index (χ0v) is 11.2. The Morgan fingerprint density at radius 1 is 1.40 bits per heavy atom. The largest absolute Gasteiger partial charge is 0.381 e. The molecular weight excluding hydrogens is 259 g/mol. The summed E-state index contributed by atoms with van der Waals surface area (Å²) < 4.78 is 18.6. The first-order chi connectivity index (χ1) is 9.68. The van der Waals surface area contributed by atoms with E-state index in [0.29, 0.717) is 44.6 Å². The maximum atomic E-state index is 13.4. The number of hydrogen-bond donors (Lipinski definition) is 1. The highest BCUT2D eigenvalue weighted by molar-refractivity contribution is 5.85. The van der Waals surface area contributed by atoms with E-state index in [1.807, 2.05) is 0 Å². The van der Waals surface area contributed by atoms with Crippen molar-refractivity contribution in [2.45, 2.75) is 19.3 Å². The number of benzene rings is 1. The molecule has 1 fully saturated rings. The van der Waals surface area contributed by atoms with Crippen LogP contribution in [-0.2, 0) is 16.0 Å². The molecule has 1 aromatic carbocycles. The van der Waals surface area contributed by atoms with E-state index in [4.69, 9.17) is 4.74 Å². The lowest BCUT2D eigenvalue weighted by atomic mass is 9.81. The molecule has 0 atom stereocenters. The number of halogens is 1. The highest BCUT2D eigenvalue weighted by Crippen LogP contribution is 2.29. The van der Waals surface area contributed by atoms with Crippen LogP contribution in [0.3, 0.4) is 0 Å². The maximum Gasteiger partial charge on any atom is 0.240 e. The van der Waals surface area contributed by atoms with Crippen molar-refractivity contribution < 1.29 is 13.9 Å². The van der Waals surface area contributed by atoms with Gasteiger partial charge >= 0.3 is 0 Å². The van der Waals surface area contributed by atoms with Gasteiger partial charge < -0.3 is 10.1 Å². The van der Waals surface area contributed by atoms with E-state index < -0.39 is 5.41 Å². The minimum atomic E-state index is -0.993. The second-order valence-electron chi connectivity index (χ2n) is 4.90. The monoisotopic (exact) mass is 276 g/mol. The Balaban J connectivity index is 1.89. The minimum absolute atomic E-state index is 0.275. The zero-order chi connectivity index (χ0) is 14.4. The number of nitrogens with zero attached hydrogens (tertiary/aromatic N) is 1. The number of amides is 1. The highest BCUT2D eigenvalue weighted by Gasteiger charge is 2.40. The average Bonchev–Trinajstić information content (AvgIpc) is 2.49. The third kappa shape index (κ3) is 3.14. The number of carbonyl (C=O) groups is 1. The fourth-order valence-electron chi connectivity index (χ4n) is 2.29. The second-order valence-corrected chi connectivity index (χ2v) is 4.90. The summed E-state index contributed by atoms with van der Waals surface area (Å²) in [6.45, 7) is 1.17. The van der Waals surface area contributed by atoms with E-state index in [1.54, 1.807) is 18.2 Å². The molecule has 0 radical (unpaired) electrons. The van der Waals surface area contributed by atoms with Crippen LogP contribution >= 0.6 is 0 Å². The Labute approximate surface area is 117 Å². The van der Waals surface area contributed by atoms with Gasteiger partial charge in [0.05, 0.1) is 6.07 Å². The Bertz CT molecular complexity index is 519. The SMILES string of the molecule is N#CC1(C(=O)NCCc2ccccc2F)CCOCC1. The summed E-state index contributed by atoms with van der Waals surface area (Å²) in [7, 11) is 0. The van der Waals surface area contributed by atoms with E-state index >= 15 is 0 Å². The minimum Gasteiger partial charge on any atom is -0.381 e. The van der Waals surface area contributed by atoms with Crippen LogP contribution in [0.1, 0.15) is 18.4 Å². The lowest BCUT2D eigenvalue weighted by molar-refractivity contribution is -0.132. The van der Waals surface area contributed by atoms with Gasteiger partial charge in [-0.05, 0) is 30.9 Å². The van der Waals surface area contributed by atoms with E-state index in [9.17, 15) is 14.4 Å². The summed E-state index contributed by atoms with van der Waals surface area (Å²) in [4.78, 5) is 12.1. The lowest BCUT2D eigenvalue weighted by Crippen LogP contribution is -2.44. The first-order valence-corrected chi connectivity index (χ1v) is 6.69. The van der Waals surface area contributed by atoms with Gasteiger partial charge in [-0.1, -0.05) is 18.2 Å². The van der Waals surface area contributed by atoms with Gasteiger partial charge in [-0.3, -0.25) is 4.79 Å². The predicted molar refractivity (Wildman–Crippen MR) is 71.2 cm³/mol. The first-order valence-electron chi connectivity index (χ1n) is 6.69. The summed E-state index contributed by atoms with van der Waals surface area (Å²) >= 11 is 0. The molecule has 4 nitrogen and oxygen atoms in total. The van der Waals surface area contributed by atoms with Gasteiger partial charge in [0, 0.05) is 19.8 Å². The Morgan fingerprint density at radius 2 is 2.10 bits per heavy atom. The topological polar surface area (TPSA) is 62.1 Å². The molecule has 2 rings (SSSR count). The molecular formula is C15H17FN2O2. The molecule has 0 saturated carbocycles. The number of ether oxygens (including phenoxy) is 1. The van der Waals surface area contributed by atoms with E-state index in [2.05, 4.69) is 11.4 Å². The summed E-state index contributed by atoms with van der Waals surface area (Å²) in [5.41, 5.74) is -0.432. The quantitative estimate of drug-likeness (QED) is 0.912. The normalized spacial score (nSPS) is 17.2. The molecule has 5 heteroatoms. The smallest absolute Gasteiger partial charge is 0.240 e. The van der Waals surface area contributed by atoms with Gasteiger partial charge in [0.1, 0.15) is 11.2 Å². The van der Waals surface area contributed by atoms with Gasteiger partial charge in [-0.2, -0.15) is 5.26 Å². The summed E-state index contributed by atoms with van der Waals surface area (Å²) in [6.07, 6.45) is 1.24. The number of nitriles is 1. The molecule has 0 bridgehead atoms. The van der Waals surface area contributed by atoms with Crippen molar-refractivity contribution in [2.75, 3.05) is 19.8 Å². The Kier molecular flexibility index (Phi) is 4.70. The molecule has 0 unspecified atom stereocenters. The fraction of sp³-hybridized carbons (Fsp3) is 0.467. The van der Waals surface area contributed by atoms with Gasteiger partial charge in [-0.25, -0.2) is 4.39 Å². The molecule has 0 spiro atoms. The second kappa shape index (κ2) is 6.49. The molecule has 1 N–H and O–H groups in total. The predicted octanol–water partition coefficient (Wildman–Crippen LogP) is 1.80. The van der Waals surface area contributed by atoms with Gasteiger partial charge in [0.25, 0.3) is 0 Å². The van der Waals surface area contributed by atoms with Gasteiger partial charge in [0.2, 0.25) is 5.91 Å². The zero-order valence-electron chi connectivity index (χ0n) is 11.2. The maximum absolute atomic E-state index is 13.4. The number of hydrogen-bond acceptors (Lipinski definition) is 3. The number of nitrogens with one attached hydrogen (secondary N) is 1. The van der Waals surface area contributed by atoms with Crippen molar-refractivity contribution in [3.05, 3.63) is 35.6 Å². The molecule has 106 valence electrons. The molecule has 1 aromatic rings. The van der Waals surface area contributed by atoms with Crippen LogP contribution in [0.2, 0.25) is 0 Å². The third-order valence-corrected chi connectivity index (χ3v) is 3.63. The number of rotatable bonds is 4. The van der Waals surface area contributed by atoms with E-state index in [-0.39, 0.29) is 11.7 Å². The summed E-state index contributed by atoms with van der Waals surface area (Å²) in [5.74, 6) is -0.553. The highest BCUT2D eigenvalue weighted by atomic mass is 19.1. The van der Waals surface area contributed by atoms with Crippen molar-refractivity contribution in [3.8, 4) is 6.07 Å². The van der Waals surface area contributed by atoms with Crippen molar-refractivity contribution in [1.82, 2.24) is 5.32 Å². The Morgan fingerprint density at radius 3 is 2.75 bits per heavy atom. The molecule has 0 aromatic heterocycles. The van der Waals surface area contributed by atoms with Crippen molar-refractivity contribution in [3.63, 3.8) is 0 Å². The third-order valence-electron chi connectivity index (χ3n) is 3.63. The fourth-order valence-corrected chi connectivity index (χ4v) is 2.29.